The predicted octanol–water partition coefficient (Wildman–Crippen LogP) is 2.22. The Morgan fingerprint density at radius 2 is 2.00 bits per heavy atom. The van der Waals surface area contributed by atoms with E-state index in [-0.39, 0.29) is 24.0 Å². The summed E-state index contributed by atoms with van der Waals surface area (Å²) in [4.78, 5) is 14.8. The van der Waals surface area contributed by atoms with Gasteiger partial charge in [0.2, 0.25) is 0 Å². The fraction of sp³-hybridized carbons (Fsp3) is 0.348. The minimum Gasteiger partial charge on any atom is -0.497 e. The number of amides is 1. The molecule has 0 radical (unpaired) electrons. The van der Waals surface area contributed by atoms with Gasteiger partial charge in [0.15, 0.2) is 0 Å². The zero-order valence-corrected chi connectivity index (χ0v) is 16.7. The largest absolute Gasteiger partial charge is 0.497 e. The van der Waals surface area contributed by atoms with Crippen LogP contribution in [0.4, 0.5) is 0 Å². The number of fused-ring (bicyclic) bond motifs is 4. The van der Waals surface area contributed by atoms with Crippen LogP contribution in [-0.2, 0) is 12.5 Å². The van der Waals surface area contributed by atoms with E-state index in [9.17, 15) is 9.90 Å². The molecule has 0 aliphatic carbocycles. The quantitative estimate of drug-likeness (QED) is 0.719. The van der Waals surface area contributed by atoms with Gasteiger partial charge in [0.25, 0.3) is 5.91 Å². The Kier molecular flexibility index (Phi) is 4.15. The third kappa shape index (κ3) is 2.59. The summed E-state index contributed by atoms with van der Waals surface area (Å²) in [5.74, 6) is 0.886. The lowest BCUT2D eigenvalue weighted by molar-refractivity contribution is 0.0338. The van der Waals surface area contributed by atoms with E-state index in [0.717, 1.165) is 29.1 Å². The normalized spacial score (nSPS) is 19.8. The summed E-state index contributed by atoms with van der Waals surface area (Å²) in [5, 5.41) is 14.7. The number of benzene rings is 2. The summed E-state index contributed by atoms with van der Waals surface area (Å²) in [5.41, 5.74) is 4.03. The van der Waals surface area contributed by atoms with Gasteiger partial charge in [-0.05, 0) is 29.8 Å². The summed E-state index contributed by atoms with van der Waals surface area (Å²) in [7, 11) is 3.71. The second-order valence-electron chi connectivity index (χ2n) is 8.13. The zero-order chi connectivity index (χ0) is 20.2. The van der Waals surface area contributed by atoms with Crippen molar-refractivity contribution in [3.63, 3.8) is 0 Å². The predicted molar refractivity (Wildman–Crippen MR) is 111 cm³/mol. The summed E-state index contributed by atoms with van der Waals surface area (Å²) >= 11 is 0. The number of carbonyl (C=O) groups is 1. The minimum absolute atomic E-state index is 0.0387. The number of aromatic nitrogens is 1. The number of ether oxygens (including phenoxy) is 1. The third-order valence-corrected chi connectivity index (χ3v) is 6.48. The highest BCUT2D eigenvalue weighted by molar-refractivity contribution is 5.96. The summed E-state index contributed by atoms with van der Waals surface area (Å²) in [6, 6.07) is 15.5. The number of carbonyl (C=O) groups excluding carboxylic acids is 1. The zero-order valence-electron chi connectivity index (χ0n) is 16.7. The van der Waals surface area contributed by atoms with E-state index in [0.29, 0.717) is 13.1 Å². The van der Waals surface area contributed by atoms with E-state index in [2.05, 4.69) is 16.0 Å². The first-order valence-electron chi connectivity index (χ1n) is 9.93. The van der Waals surface area contributed by atoms with Gasteiger partial charge < -0.3 is 24.6 Å². The number of aliphatic hydroxyl groups excluding tert-OH is 1. The number of likely N-dealkylation sites (tertiary alicyclic amines) is 1. The lowest BCUT2D eigenvalue weighted by atomic mass is 9.69. The van der Waals surface area contributed by atoms with Crippen LogP contribution in [0.3, 0.4) is 0 Å². The van der Waals surface area contributed by atoms with Crippen LogP contribution in [0.5, 0.6) is 5.75 Å². The monoisotopic (exact) mass is 391 g/mol. The van der Waals surface area contributed by atoms with E-state index >= 15 is 0 Å². The van der Waals surface area contributed by atoms with Crippen molar-refractivity contribution in [3.8, 4) is 5.75 Å². The van der Waals surface area contributed by atoms with Gasteiger partial charge in [0.1, 0.15) is 5.75 Å². The maximum Gasteiger partial charge on any atom is 0.253 e. The van der Waals surface area contributed by atoms with E-state index in [1.807, 2.05) is 54.4 Å². The highest BCUT2D eigenvalue weighted by Crippen LogP contribution is 2.46. The molecule has 150 valence electrons. The second kappa shape index (κ2) is 6.61. The van der Waals surface area contributed by atoms with Gasteiger partial charge in [-0.3, -0.25) is 4.79 Å². The Balaban J connectivity index is 1.56. The molecule has 2 N–H and O–H groups in total. The Hall–Kier alpha value is -2.83. The standard InChI is InChI=1S/C23H25N3O3/c1-25-19-10-16(29-2)8-9-17(19)20-21(25)18(11-27)24-12-23(20)13-26(14-23)22(28)15-6-4-3-5-7-15/h3-10,18,24,27H,11-14H2,1-2H3/t18-/m1/s1. The molecule has 1 spiro atoms. The topological polar surface area (TPSA) is 66.7 Å². The molecule has 0 saturated carbocycles. The maximum absolute atomic E-state index is 12.9. The van der Waals surface area contributed by atoms with Gasteiger partial charge in [-0.1, -0.05) is 18.2 Å². The summed E-state index contributed by atoms with van der Waals surface area (Å²) < 4.78 is 7.58. The number of methoxy groups -OCH3 is 1. The first kappa shape index (κ1) is 18.2. The maximum atomic E-state index is 12.9. The molecule has 1 amide bonds. The smallest absolute Gasteiger partial charge is 0.253 e. The van der Waals surface area contributed by atoms with Gasteiger partial charge in [-0.25, -0.2) is 0 Å². The molecule has 2 aliphatic rings. The molecule has 2 aromatic carbocycles. The van der Waals surface area contributed by atoms with Crippen LogP contribution in [-0.4, -0.2) is 53.8 Å². The highest BCUT2D eigenvalue weighted by Gasteiger charge is 2.52. The number of nitrogens with zero attached hydrogens (tertiary/aromatic N) is 2. The highest BCUT2D eigenvalue weighted by atomic mass is 16.5. The van der Waals surface area contributed by atoms with Crippen LogP contribution in [0.2, 0.25) is 0 Å². The van der Waals surface area contributed by atoms with Gasteiger partial charge in [-0.15, -0.1) is 0 Å². The van der Waals surface area contributed by atoms with Crippen molar-refractivity contribution in [2.24, 2.45) is 7.05 Å². The molecule has 0 bridgehead atoms. The number of rotatable bonds is 3. The molecule has 0 unspecified atom stereocenters. The van der Waals surface area contributed by atoms with Crippen molar-refractivity contribution in [3.05, 3.63) is 65.4 Å². The van der Waals surface area contributed by atoms with Crippen molar-refractivity contribution < 1.29 is 14.6 Å². The third-order valence-electron chi connectivity index (χ3n) is 6.48. The first-order chi connectivity index (χ1) is 14.1. The molecule has 1 saturated heterocycles. The molecular weight excluding hydrogens is 366 g/mol. The molecule has 1 atom stereocenters. The van der Waals surface area contributed by atoms with Crippen molar-refractivity contribution in [1.82, 2.24) is 14.8 Å². The van der Waals surface area contributed by atoms with Crippen LogP contribution < -0.4 is 10.1 Å². The number of hydrogen-bond donors (Lipinski definition) is 2. The molecular formula is C23H25N3O3. The minimum atomic E-state index is -0.139. The second-order valence-corrected chi connectivity index (χ2v) is 8.13. The molecule has 2 aliphatic heterocycles. The Morgan fingerprint density at radius 1 is 1.24 bits per heavy atom. The van der Waals surface area contributed by atoms with E-state index < -0.39 is 0 Å². The molecule has 3 aromatic rings. The molecule has 29 heavy (non-hydrogen) atoms. The fourth-order valence-electron chi connectivity index (χ4n) is 5.04. The Bertz CT molecular complexity index is 1080. The Morgan fingerprint density at radius 3 is 2.69 bits per heavy atom. The molecule has 3 heterocycles. The molecule has 1 aromatic heterocycles. The van der Waals surface area contributed by atoms with Gasteiger partial charge >= 0.3 is 0 Å². The fourth-order valence-corrected chi connectivity index (χ4v) is 5.04. The van der Waals surface area contributed by atoms with Crippen LogP contribution in [0.25, 0.3) is 10.9 Å². The number of nitrogens with one attached hydrogen (secondary N) is 1. The van der Waals surface area contributed by atoms with Gasteiger partial charge in [-0.2, -0.15) is 0 Å². The number of hydrogen-bond acceptors (Lipinski definition) is 4. The molecule has 6 nitrogen and oxygen atoms in total. The summed E-state index contributed by atoms with van der Waals surface area (Å²) in [6.45, 7) is 2.13. The van der Waals surface area contributed by atoms with Crippen molar-refractivity contribution in [1.29, 1.82) is 0 Å². The van der Waals surface area contributed by atoms with E-state index in [1.165, 1.54) is 10.9 Å². The SMILES string of the molecule is COc1ccc2c3c(n(C)c2c1)[C@@H](CO)NCC31CN(C(=O)c2ccccc2)C1. The average Bonchev–Trinajstić information content (AvgIpc) is 3.04. The van der Waals surface area contributed by atoms with Gasteiger partial charge in [0.05, 0.1) is 25.3 Å². The van der Waals surface area contributed by atoms with Crippen LogP contribution >= 0.6 is 0 Å². The molecule has 6 heteroatoms. The van der Waals surface area contributed by atoms with Crippen LogP contribution in [0, 0.1) is 0 Å². The van der Waals surface area contributed by atoms with Gasteiger partial charge in [0, 0.05) is 54.8 Å². The van der Waals surface area contributed by atoms with Crippen molar-refractivity contribution in [2.45, 2.75) is 11.5 Å². The lowest BCUT2D eigenvalue weighted by Crippen LogP contribution is -2.67. The number of aliphatic hydroxyl groups is 1. The average molecular weight is 391 g/mol. The van der Waals surface area contributed by atoms with Crippen molar-refractivity contribution in [2.75, 3.05) is 33.4 Å². The van der Waals surface area contributed by atoms with E-state index in [1.54, 1.807) is 7.11 Å². The molecule has 1 fully saturated rings. The number of aryl methyl sites for hydroxylation is 1. The first-order valence-corrected chi connectivity index (χ1v) is 9.93. The summed E-state index contributed by atoms with van der Waals surface area (Å²) in [6.07, 6.45) is 0. The van der Waals surface area contributed by atoms with Crippen LogP contribution in [0.15, 0.2) is 48.5 Å². The van der Waals surface area contributed by atoms with Crippen molar-refractivity contribution >= 4 is 16.8 Å². The Labute approximate surface area is 169 Å². The van der Waals surface area contributed by atoms with Crippen LogP contribution in [0.1, 0.15) is 27.7 Å². The van der Waals surface area contributed by atoms with E-state index in [4.69, 9.17) is 4.74 Å². The molecule has 5 rings (SSSR count). The lowest BCUT2D eigenvalue weighted by Gasteiger charge is -2.53.